The first-order valence-electron chi connectivity index (χ1n) is 6.64. The first kappa shape index (κ1) is 15.5. The van der Waals surface area contributed by atoms with Crippen LogP contribution in [0.4, 0.5) is 0 Å². The van der Waals surface area contributed by atoms with E-state index in [1.54, 1.807) is 74.5 Å². The summed E-state index contributed by atoms with van der Waals surface area (Å²) in [5.74, 6) is 0.339. The van der Waals surface area contributed by atoms with Crippen molar-refractivity contribution in [1.29, 1.82) is 0 Å². The van der Waals surface area contributed by atoms with Crippen molar-refractivity contribution in [2.45, 2.75) is 20.0 Å². The van der Waals surface area contributed by atoms with Gasteiger partial charge < -0.3 is 4.52 Å². The summed E-state index contributed by atoms with van der Waals surface area (Å²) in [6.07, 6.45) is -0.396. The van der Waals surface area contributed by atoms with Gasteiger partial charge in [-0.05, 0) is 26.0 Å². The fraction of sp³-hybridized carbons (Fsp3) is 0.188. The van der Waals surface area contributed by atoms with Crippen LogP contribution in [0.25, 0.3) is 0 Å². The van der Waals surface area contributed by atoms with Gasteiger partial charge in [-0.25, -0.2) is 4.57 Å². The largest absolute Gasteiger partial charge is 0.451 e. The summed E-state index contributed by atoms with van der Waals surface area (Å²) in [6, 6.07) is 16.9. The normalized spacial score (nSPS) is 13.7. The van der Waals surface area contributed by atoms with Gasteiger partial charge in [-0.2, -0.15) is 0 Å². The Morgan fingerprint density at radius 3 is 2.00 bits per heavy atom. The molecule has 0 fully saturated rings. The summed E-state index contributed by atoms with van der Waals surface area (Å²) in [5.41, 5.74) is -0.335. The van der Waals surface area contributed by atoms with Gasteiger partial charge in [0.1, 0.15) is 5.75 Å². The second-order valence-electron chi connectivity index (χ2n) is 4.73. The van der Waals surface area contributed by atoms with Crippen LogP contribution in [0.5, 0.6) is 5.75 Å². The number of rotatable bonds is 6. The van der Waals surface area contributed by atoms with E-state index in [1.165, 1.54) is 0 Å². The number of hydrogen-bond acceptors (Lipinski definition) is 4. The molecule has 2 aromatic carbocycles. The lowest BCUT2D eigenvalue weighted by Gasteiger charge is -2.20. The van der Waals surface area contributed by atoms with Crippen molar-refractivity contribution < 1.29 is 18.4 Å². The summed E-state index contributed by atoms with van der Waals surface area (Å²) in [4.78, 5) is 12.5. The standard InChI is InChI=1S/C16H17O4P/c1-13(2)19-21(18,20-15-11-7-4-8-12-15)16(17)14-9-5-3-6-10-14/h3-13H,1-2H3. The van der Waals surface area contributed by atoms with Crippen molar-refractivity contribution in [2.75, 3.05) is 0 Å². The zero-order valence-corrected chi connectivity index (χ0v) is 12.8. The Labute approximate surface area is 124 Å². The molecule has 2 aromatic rings. The van der Waals surface area contributed by atoms with Crippen LogP contribution in [0, 0.1) is 0 Å². The van der Waals surface area contributed by atoms with E-state index in [4.69, 9.17) is 9.05 Å². The first-order valence-corrected chi connectivity index (χ1v) is 8.18. The topological polar surface area (TPSA) is 52.6 Å². The Hall–Kier alpha value is -1.90. The van der Waals surface area contributed by atoms with Crippen molar-refractivity contribution in [3.8, 4) is 5.75 Å². The highest BCUT2D eigenvalue weighted by Crippen LogP contribution is 2.52. The molecule has 0 spiro atoms. The fourth-order valence-corrected chi connectivity index (χ4v) is 3.39. The maximum absolute atomic E-state index is 12.9. The average Bonchev–Trinajstić information content (AvgIpc) is 2.47. The predicted molar refractivity (Wildman–Crippen MR) is 81.7 cm³/mol. The molecule has 1 atom stereocenters. The Morgan fingerprint density at radius 2 is 1.48 bits per heavy atom. The summed E-state index contributed by atoms with van der Waals surface area (Å²) >= 11 is 0. The third-order valence-corrected chi connectivity index (χ3v) is 4.49. The molecule has 0 N–H and O–H groups in total. The van der Waals surface area contributed by atoms with Gasteiger partial charge in [0.2, 0.25) is 0 Å². The molecular weight excluding hydrogens is 287 g/mol. The van der Waals surface area contributed by atoms with Crippen molar-refractivity contribution in [3.63, 3.8) is 0 Å². The van der Waals surface area contributed by atoms with Crippen LogP contribution in [-0.4, -0.2) is 11.6 Å². The van der Waals surface area contributed by atoms with Crippen LogP contribution in [0.1, 0.15) is 24.2 Å². The monoisotopic (exact) mass is 304 g/mol. The van der Waals surface area contributed by atoms with Gasteiger partial charge in [0.25, 0.3) is 5.52 Å². The van der Waals surface area contributed by atoms with E-state index < -0.39 is 19.2 Å². The lowest BCUT2D eigenvalue weighted by molar-refractivity contribution is 0.101. The third kappa shape index (κ3) is 4.03. The smallest absolute Gasteiger partial charge is 0.419 e. The van der Waals surface area contributed by atoms with Crippen LogP contribution in [0.15, 0.2) is 60.7 Å². The molecule has 0 amide bonds. The Bertz CT molecular complexity index is 638. The molecule has 21 heavy (non-hydrogen) atoms. The van der Waals surface area contributed by atoms with Gasteiger partial charge in [-0.15, -0.1) is 0 Å². The molecule has 5 heteroatoms. The lowest BCUT2D eigenvalue weighted by atomic mass is 10.2. The minimum absolute atomic E-state index is 0.303. The SMILES string of the molecule is CC(C)OP(=O)(Oc1ccccc1)C(=O)c1ccccc1. The number of carbonyl (C=O) groups excluding carboxylic acids is 1. The minimum atomic E-state index is -3.95. The zero-order chi connectivity index (χ0) is 15.3. The van der Waals surface area contributed by atoms with Crippen molar-refractivity contribution in [3.05, 3.63) is 66.2 Å². The molecule has 0 aromatic heterocycles. The second-order valence-corrected chi connectivity index (χ2v) is 6.52. The maximum Gasteiger partial charge on any atom is 0.451 e. The number of carbonyl (C=O) groups is 1. The number of hydrogen-bond donors (Lipinski definition) is 0. The molecule has 2 rings (SSSR count). The molecule has 4 nitrogen and oxygen atoms in total. The minimum Gasteiger partial charge on any atom is -0.419 e. The van der Waals surface area contributed by atoms with Crippen LogP contribution in [0.3, 0.4) is 0 Å². The first-order chi connectivity index (χ1) is 10.0. The Balaban J connectivity index is 2.33. The van der Waals surface area contributed by atoms with E-state index in [2.05, 4.69) is 0 Å². The van der Waals surface area contributed by atoms with Crippen LogP contribution in [0.2, 0.25) is 0 Å². The van der Waals surface area contributed by atoms with Crippen molar-refractivity contribution in [1.82, 2.24) is 0 Å². The molecule has 0 bridgehead atoms. The Kier molecular flexibility index (Phi) is 4.94. The lowest BCUT2D eigenvalue weighted by Crippen LogP contribution is -2.13. The Morgan fingerprint density at radius 1 is 0.952 bits per heavy atom. The van der Waals surface area contributed by atoms with Gasteiger partial charge in [0, 0.05) is 5.56 Å². The average molecular weight is 304 g/mol. The highest BCUT2D eigenvalue weighted by molar-refractivity contribution is 7.73. The summed E-state index contributed by atoms with van der Waals surface area (Å²) in [6.45, 7) is 3.42. The summed E-state index contributed by atoms with van der Waals surface area (Å²) < 4.78 is 23.7. The molecule has 1 unspecified atom stereocenters. The van der Waals surface area contributed by atoms with Crippen LogP contribution < -0.4 is 4.52 Å². The summed E-state index contributed by atoms with van der Waals surface area (Å²) in [7, 11) is -3.95. The van der Waals surface area contributed by atoms with Gasteiger partial charge in [-0.3, -0.25) is 9.32 Å². The highest BCUT2D eigenvalue weighted by Gasteiger charge is 2.38. The quantitative estimate of drug-likeness (QED) is 0.736. The van der Waals surface area contributed by atoms with Gasteiger partial charge in [-0.1, -0.05) is 48.5 Å². The van der Waals surface area contributed by atoms with Crippen molar-refractivity contribution in [2.24, 2.45) is 0 Å². The summed E-state index contributed by atoms with van der Waals surface area (Å²) in [5, 5.41) is 0. The van der Waals surface area contributed by atoms with Gasteiger partial charge in [0.05, 0.1) is 6.10 Å². The molecule has 0 saturated heterocycles. The molecular formula is C16H17O4P. The maximum atomic E-state index is 12.9. The van der Waals surface area contributed by atoms with E-state index in [1.807, 2.05) is 0 Å². The molecule has 0 heterocycles. The highest BCUT2D eigenvalue weighted by atomic mass is 31.2. The molecule has 0 saturated carbocycles. The van der Waals surface area contributed by atoms with E-state index >= 15 is 0 Å². The predicted octanol–water partition coefficient (Wildman–Crippen LogP) is 4.52. The van der Waals surface area contributed by atoms with E-state index in [9.17, 15) is 9.36 Å². The molecule has 0 radical (unpaired) electrons. The van der Waals surface area contributed by atoms with Crippen molar-refractivity contribution >= 4 is 13.1 Å². The van der Waals surface area contributed by atoms with Crippen LogP contribution >= 0.6 is 7.60 Å². The number of benzene rings is 2. The van der Waals surface area contributed by atoms with E-state index in [0.717, 1.165) is 0 Å². The zero-order valence-electron chi connectivity index (χ0n) is 11.9. The fourth-order valence-electron chi connectivity index (χ4n) is 1.75. The van der Waals surface area contributed by atoms with E-state index in [-0.39, 0.29) is 0 Å². The van der Waals surface area contributed by atoms with Crippen LogP contribution in [-0.2, 0) is 9.09 Å². The molecule has 110 valence electrons. The molecule has 0 aliphatic heterocycles. The van der Waals surface area contributed by atoms with E-state index in [0.29, 0.717) is 11.3 Å². The second kappa shape index (κ2) is 6.70. The third-order valence-electron chi connectivity index (χ3n) is 2.59. The van der Waals surface area contributed by atoms with Gasteiger partial charge in [0.15, 0.2) is 0 Å². The molecule has 0 aliphatic carbocycles. The number of para-hydroxylation sites is 1. The van der Waals surface area contributed by atoms with Gasteiger partial charge >= 0.3 is 7.60 Å². The molecule has 0 aliphatic rings.